The van der Waals surface area contributed by atoms with E-state index < -0.39 is 0 Å². The molecular formula is C13H16N4OS. The molecule has 0 aliphatic carbocycles. The van der Waals surface area contributed by atoms with E-state index in [0.717, 1.165) is 28.2 Å². The molecule has 0 aliphatic heterocycles. The Labute approximate surface area is 115 Å². The molecule has 0 unspecified atom stereocenters. The largest absolute Gasteiger partial charge is 0.398 e. The van der Waals surface area contributed by atoms with Gasteiger partial charge in [0.1, 0.15) is 5.01 Å². The van der Waals surface area contributed by atoms with Crippen molar-refractivity contribution in [2.45, 2.75) is 26.7 Å². The Hall–Kier alpha value is -1.95. The molecule has 2 aromatic rings. The van der Waals surface area contributed by atoms with Gasteiger partial charge in [-0.15, -0.1) is 10.2 Å². The SMILES string of the molecule is CCCC(=O)Nc1nnc(-c2ccc(C)c(N)c2)s1. The number of carbonyl (C=O) groups excluding carboxylic acids is 1. The third kappa shape index (κ3) is 3.29. The van der Waals surface area contributed by atoms with E-state index in [-0.39, 0.29) is 5.91 Å². The lowest BCUT2D eigenvalue weighted by atomic mass is 10.1. The molecule has 0 spiro atoms. The average Bonchev–Trinajstić information content (AvgIpc) is 2.81. The number of amides is 1. The number of hydrogen-bond acceptors (Lipinski definition) is 5. The standard InChI is InChI=1S/C13H16N4OS/c1-3-4-11(18)15-13-17-16-12(19-13)9-6-5-8(2)10(14)7-9/h5-7H,3-4,14H2,1-2H3,(H,15,17,18). The Bertz CT molecular complexity index is 594. The third-order valence-corrected chi connectivity index (χ3v) is 3.56. The molecule has 1 amide bonds. The molecule has 0 radical (unpaired) electrons. The van der Waals surface area contributed by atoms with Gasteiger partial charge in [-0.2, -0.15) is 0 Å². The Morgan fingerprint density at radius 1 is 1.42 bits per heavy atom. The van der Waals surface area contributed by atoms with Crippen LogP contribution in [-0.4, -0.2) is 16.1 Å². The second-order valence-corrected chi connectivity index (χ2v) is 5.26. The monoisotopic (exact) mass is 276 g/mol. The summed E-state index contributed by atoms with van der Waals surface area (Å²) in [5.74, 6) is -0.0337. The van der Waals surface area contributed by atoms with Crippen LogP contribution in [0.3, 0.4) is 0 Å². The summed E-state index contributed by atoms with van der Waals surface area (Å²) >= 11 is 1.35. The van der Waals surface area contributed by atoms with Gasteiger partial charge in [0.05, 0.1) is 0 Å². The molecule has 6 heteroatoms. The Morgan fingerprint density at radius 2 is 2.21 bits per heavy atom. The van der Waals surface area contributed by atoms with Crippen molar-refractivity contribution < 1.29 is 4.79 Å². The van der Waals surface area contributed by atoms with Gasteiger partial charge in [-0.3, -0.25) is 4.79 Å². The fourth-order valence-corrected chi connectivity index (χ4v) is 2.33. The molecule has 0 aliphatic rings. The first-order valence-corrected chi connectivity index (χ1v) is 6.91. The van der Waals surface area contributed by atoms with Crippen LogP contribution in [0.5, 0.6) is 0 Å². The van der Waals surface area contributed by atoms with Crippen LogP contribution in [0.25, 0.3) is 10.6 Å². The van der Waals surface area contributed by atoms with Gasteiger partial charge >= 0.3 is 0 Å². The summed E-state index contributed by atoms with van der Waals surface area (Å²) in [4.78, 5) is 11.5. The van der Waals surface area contributed by atoms with Crippen molar-refractivity contribution in [3.05, 3.63) is 23.8 Å². The van der Waals surface area contributed by atoms with E-state index in [9.17, 15) is 4.79 Å². The van der Waals surface area contributed by atoms with Gasteiger partial charge in [0.2, 0.25) is 11.0 Å². The van der Waals surface area contributed by atoms with E-state index in [1.54, 1.807) is 0 Å². The predicted molar refractivity (Wildman–Crippen MR) is 78.0 cm³/mol. The van der Waals surface area contributed by atoms with Crippen LogP contribution in [-0.2, 0) is 4.79 Å². The molecule has 0 bridgehead atoms. The molecule has 0 saturated heterocycles. The molecule has 5 nitrogen and oxygen atoms in total. The molecule has 0 fully saturated rings. The van der Waals surface area contributed by atoms with E-state index in [1.165, 1.54) is 11.3 Å². The first-order chi connectivity index (χ1) is 9.10. The van der Waals surface area contributed by atoms with Gasteiger partial charge in [0.15, 0.2) is 0 Å². The van der Waals surface area contributed by atoms with Gasteiger partial charge in [0, 0.05) is 17.7 Å². The summed E-state index contributed by atoms with van der Waals surface area (Å²) < 4.78 is 0. The number of anilines is 2. The number of nitrogens with two attached hydrogens (primary N) is 1. The van der Waals surface area contributed by atoms with E-state index in [2.05, 4.69) is 15.5 Å². The second-order valence-electron chi connectivity index (χ2n) is 4.28. The van der Waals surface area contributed by atoms with Crippen molar-refractivity contribution in [3.8, 4) is 10.6 Å². The maximum Gasteiger partial charge on any atom is 0.226 e. The average molecular weight is 276 g/mol. The summed E-state index contributed by atoms with van der Waals surface area (Å²) in [7, 11) is 0. The van der Waals surface area contributed by atoms with Crippen LogP contribution in [0.2, 0.25) is 0 Å². The van der Waals surface area contributed by atoms with Crippen LogP contribution in [0.1, 0.15) is 25.3 Å². The first kappa shape index (κ1) is 13.5. The van der Waals surface area contributed by atoms with Crippen molar-refractivity contribution in [2.24, 2.45) is 0 Å². The van der Waals surface area contributed by atoms with Gasteiger partial charge in [-0.25, -0.2) is 0 Å². The third-order valence-electron chi connectivity index (χ3n) is 2.67. The van der Waals surface area contributed by atoms with Gasteiger partial charge in [-0.05, 0) is 25.0 Å². The van der Waals surface area contributed by atoms with E-state index >= 15 is 0 Å². The fraction of sp³-hybridized carbons (Fsp3) is 0.308. The molecule has 1 aromatic carbocycles. The molecule has 19 heavy (non-hydrogen) atoms. The van der Waals surface area contributed by atoms with Crippen LogP contribution in [0.4, 0.5) is 10.8 Å². The van der Waals surface area contributed by atoms with E-state index in [0.29, 0.717) is 11.6 Å². The number of aryl methyl sites for hydroxylation is 1. The lowest BCUT2D eigenvalue weighted by molar-refractivity contribution is -0.116. The van der Waals surface area contributed by atoms with E-state index in [4.69, 9.17) is 5.73 Å². The normalized spacial score (nSPS) is 10.4. The Morgan fingerprint density at radius 3 is 2.89 bits per heavy atom. The highest BCUT2D eigenvalue weighted by Crippen LogP contribution is 2.28. The van der Waals surface area contributed by atoms with Gasteiger partial charge in [0.25, 0.3) is 0 Å². The topological polar surface area (TPSA) is 80.9 Å². The van der Waals surface area contributed by atoms with Crippen LogP contribution in [0, 0.1) is 6.92 Å². The molecule has 100 valence electrons. The maximum absolute atomic E-state index is 11.5. The molecular weight excluding hydrogens is 260 g/mol. The number of rotatable bonds is 4. The fourth-order valence-electron chi connectivity index (χ4n) is 1.57. The highest BCUT2D eigenvalue weighted by molar-refractivity contribution is 7.18. The van der Waals surface area contributed by atoms with E-state index in [1.807, 2.05) is 32.0 Å². The number of nitrogens with one attached hydrogen (secondary N) is 1. The number of benzene rings is 1. The lowest BCUT2D eigenvalue weighted by Crippen LogP contribution is -2.10. The van der Waals surface area contributed by atoms with Crippen molar-refractivity contribution in [1.29, 1.82) is 0 Å². The molecule has 0 atom stereocenters. The number of aromatic nitrogens is 2. The summed E-state index contributed by atoms with van der Waals surface area (Å²) in [6, 6.07) is 5.76. The minimum atomic E-state index is -0.0337. The van der Waals surface area contributed by atoms with Crippen LogP contribution >= 0.6 is 11.3 Å². The number of nitrogens with zero attached hydrogens (tertiary/aromatic N) is 2. The second kappa shape index (κ2) is 5.79. The quantitative estimate of drug-likeness (QED) is 0.841. The van der Waals surface area contributed by atoms with Crippen molar-refractivity contribution in [1.82, 2.24) is 10.2 Å². The summed E-state index contributed by atoms with van der Waals surface area (Å²) in [6.45, 7) is 3.91. The lowest BCUT2D eigenvalue weighted by Gasteiger charge is -2.01. The molecule has 0 saturated carbocycles. The minimum Gasteiger partial charge on any atom is -0.398 e. The zero-order valence-electron chi connectivity index (χ0n) is 10.9. The zero-order chi connectivity index (χ0) is 13.8. The first-order valence-electron chi connectivity index (χ1n) is 6.10. The number of hydrogen-bond donors (Lipinski definition) is 2. The minimum absolute atomic E-state index is 0.0337. The number of carbonyl (C=O) groups is 1. The van der Waals surface area contributed by atoms with Crippen LogP contribution in [0.15, 0.2) is 18.2 Å². The van der Waals surface area contributed by atoms with Gasteiger partial charge in [-0.1, -0.05) is 30.4 Å². The predicted octanol–water partition coefficient (Wildman–Crippen LogP) is 2.83. The Kier molecular flexibility index (Phi) is 4.11. The van der Waals surface area contributed by atoms with Crippen molar-refractivity contribution >= 4 is 28.1 Å². The molecule has 2 rings (SSSR count). The van der Waals surface area contributed by atoms with Gasteiger partial charge < -0.3 is 11.1 Å². The summed E-state index contributed by atoms with van der Waals surface area (Å²) in [6.07, 6.45) is 1.30. The maximum atomic E-state index is 11.5. The zero-order valence-corrected chi connectivity index (χ0v) is 11.8. The highest BCUT2D eigenvalue weighted by Gasteiger charge is 2.09. The highest BCUT2D eigenvalue weighted by atomic mass is 32.1. The number of nitrogen functional groups attached to an aromatic ring is 1. The smallest absolute Gasteiger partial charge is 0.226 e. The summed E-state index contributed by atoms with van der Waals surface area (Å²) in [5, 5.41) is 12.0. The van der Waals surface area contributed by atoms with Crippen molar-refractivity contribution in [2.75, 3.05) is 11.1 Å². The molecule has 1 heterocycles. The summed E-state index contributed by atoms with van der Waals surface area (Å²) in [5.41, 5.74) is 8.54. The molecule has 3 N–H and O–H groups in total. The Balaban J connectivity index is 2.16. The molecule has 1 aromatic heterocycles. The van der Waals surface area contributed by atoms with Crippen LogP contribution < -0.4 is 11.1 Å². The van der Waals surface area contributed by atoms with Crippen molar-refractivity contribution in [3.63, 3.8) is 0 Å².